The Labute approximate surface area is 105 Å². The third-order valence-corrected chi connectivity index (χ3v) is 2.27. The summed E-state index contributed by atoms with van der Waals surface area (Å²) >= 11 is 0. The van der Waals surface area contributed by atoms with Crippen LogP contribution in [0, 0.1) is 0 Å². The maximum absolute atomic E-state index is 9.70. The summed E-state index contributed by atoms with van der Waals surface area (Å²) in [4.78, 5) is 3.97. The van der Waals surface area contributed by atoms with Crippen molar-refractivity contribution in [1.29, 1.82) is 0 Å². The highest BCUT2D eigenvalue weighted by molar-refractivity contribution is 5.82. The molecule has 0 amide bonds. The standard InChI is InChI=1S/C12H17NO5/c1-17-10-3-8(4-11(18-2)12(10)16)5-13-6-9(15)7-14/h3-5,9,14-16H,6-7H2,1-2H3/b13-5+. The van der Waals surface area contributed by atoms with Crippen LogP contribution >= 0.6 is 0 Å². The molecule has 0 bridgehead atoms. The number of hydrogen-bond donors (Lipinski definition) is 3. The van der Waals surface area contributed by atoms with Crippen molar-refractivity contribution in [2.75, 3.05) is 27.4 Å². The molecule has 0 aliphatic rings. The SMILES string of the molecule is COc1cc(/C=N/CC(O)CO)cc(OC)c1O. The Morgan fingerprint density at radius 3 is 2.28 bits per heavy atom. The van der Waals surface area contributed by atoms with Gasteiger partial charge >= 0.3 is 0 Å². The molecule has 0 saturated carbocycles. The molecule has 0 spiro atoms. The molecule has 0 aliphatic carbocycles. The van der Waals surface area contributed by atoms with E-state index in [4.69, 9.17) is 19.7 Å². The van der Waals surface area contributed by atoms with Gasteiger partial charge in [0.15, 0.2) is 11.5 Å². The first-order valence-corrected chi connectivity index (χ1v) is 5.36. The number of aliphatic hydroxyl groups excluding tert-OH is 2. The number of ether oxygens (including phenoxy) is 2. The first-order valence-electron chi connectivity index (χ1n) is 5.36. The Hall–Kier alpha value is -1.79. The van der Waals surface area contributed by atoms with Crippen LogP contribution in [-0.2, 0) is 0 Å². The smallest absolute Gasteiger partial charge is 0.200 e. The molecule has 1 aromatic carbocycles. The highest BCUT2D eigenvalue weighted by Gasteiger charge is 2.10. The van der Waals surface area contributed by atoms with Gasteiger partial charge in [0.1, 0.15) is 0 Å². The summed E-state index contributed by atoms with van der Waals surface area (Å²) in [5.41, 5.74) is 0.659. The number of phenols is 1. The maximum atomic E-state index is 9.70. The van der Waals surface area contributed by atoms with Crippen molar-refractivity contribution in [1.82, 2.24) is 0 Å². The fourth-order valence-electron chi connectivity index (χ4n) is 1.33. The van der Waals surface area contributed by atoms with Crippen molar-refractivity contribution in [2.24, 2.45) is 4.99 Å². The van der Waals surface area contributed by atoms with E-state index in [0.717, 1.165) is 0 Å². The molecule has 0 aliphatic heterocycles. The lowest BCUT2D eigenvalue weighted by Gasteiger charge is -2.09. The van der Waals surface area contributed by atoms with Gasteiger partial charge in [-0.2, -0.15) is 0 Å². The molecular formula is C12H17NO5. The van der Waals surface area contributed by atoms with Crippen molar-refractivity contribution in [3.05, 3.63) is 17.7 Å². The molecule has 100 valence electrons. The minimum absolute atomic E-state index is 0.0763. The van der Waals surface area contributed by atoms with Gasteiger partial charge in [-0.05, 0) is 17.7 Å². The number of nitrogens with zero attached hydrogens (tertiary/aromatic N) is 1. The molecule has 3 N–H and O–H groups in total. The van der Waals surface area contributed by atoms with E-state index >= 15 is 0 Å². The number of phenolic OH excluding ortho intramolecular Hbond substituents is 1. The predicted molar refractivity (Wildman–Crippen MR) is 66.8 cm³/mol. The van der Waals surface area contributed by atoms with Gasteiger partial charge in [0.2, 0.25) is 5.75 Å². The van der Waals surface area contributed by atoms with Crippen LogP contribution in [-0.4, -0.2) is 55.0 Å². The molecule has 0 heterocycles. The van der Waals surface area contributed by atoms with Gasteiger partial charge in [-0.1, -0.05) is 0 Å². The van der Waals surface area contributed by atoms with Gasteiger partial charge in [0.25, 0.3) is 0 Å². The fraction of sp³-hybridized carbons (Fsp3) is 0.417. The number of aliphatic hydroxyl groups is 2. The van der Waals surface area contributed by atoms with Crippen molar-refractivity contribution >= 4 is 6.21 Å². The number of benzene rings is 1. The topological polar surface area (TPSA) is 91.5 Å². The summed E-state index contributed by atoms with van der Waals surface area (Å²) in [6.45, 7) is -0.235. The lowest BCUT2D eigenvalue weighted by Crippen LogP contribution is -2.15. The van der Waals surface area contributed by atoms with Crippen LogP contribution in [0.1, 0.15) is 5.56 Å². The number of aliphatic imine (C=N–C) groups is 1. The molecule has 0 aromatic heterocycles. The second-order valence-electron chi connectivity index (χ2n) is 3.60. The minimum atomic E-state index is -0.873. The van der Waals surface area contributed by atoms with Gasteiger partial charge in [0, 0.05) is 6.21 Å². The first-order chi connectivity index (χ1) is 8.62. The minimum Gasteiger partial charge on any atom is -0.502 e. The third-order valence-electron chi connectivity index (χ3n) is 2.27. The average Bonchev–Trinajstić information content (AvgIpc) is 2.39. The maximum Gasteiger partial charge on any atom is 0.200 e. The second kappa shape index (κ2) is 6.83. The van der Waals surface area contributed by atoms with E-state index in [1.165, 1.54) is 20.4 Å². The van der Waals surface area contributed by atoms with Gasteiger partial charge < -0.3 is 24.8 Å². The molecule has 18 heavy (non-hydrogen) atoms. The van der Waals surface area contributed by atoms with Crippen molar-refractivity contribution in [3.8, 4) is 17.2 Å². The van der Waals surface area contributed by atoms with Crippen LogP contribution in [0.4, 0.5) is 0 Å². The summed E-state index contributed by atoms with van der Waals surface area (Å²) in [5, 5.41) is 27.5. The van der Waals surface area contributed by atoms with Crippen LogP contribution < -0.4 is 9.47 Å². The predicted octanol–water partition coefficient (Wildman–Crippen LogP) is 0.181. The zero-order valence-electron chi connectivity index (χ0n) is 10.3. The van der Waals surface area contributed by atoms with Crippen molar-refractivity contribution < 1.29 is 24.8 Å². The lowest BCUT2D eigenvalue weighted by atomic mass is 10.2. The van der Waals surface area contributed by atoms with Gasteiger partial charge in [-0.3, -0.25) is 4.99 Å². The first kappa shape index (κ1) is 14.3. The van der Waals surface area contributed by atoms with Crippen molar-refractivity contribution in [3.63, 3.8) is 0 Å². The van der Waals surface area contributed by atoms with Crippen LogP contribution in [0.3, 0.4) is 0 Å². The van der Waals surface area contributed by atoms with E-state index in [0.29, 0.717) is 5.56 Å². The highest BCUT2D eigenvalue weighted by Crippen LogP contribution is 2.36. The number of aromatic hydroxyl groups is 1. The Morgan fingerprint density at radius 1 is 1.28 bits per heavy atom. The summed E-state index contributed by atoms with van der Waals surface area (Å²) < 4.78 is 9.99. The Balaban J connectivity index is 2.89. The molecule has 6 heteroatoms. The van der Waals surface area contributed by atoms with Crippen LogP contribution in [0.15, 0.2) is 17.1 Å². The number of hydrogen-bond acceptors (Lipinski definition) is 6. The summed E-state index contributed by atoms with van der Waals surface area (Å²) in [5.74, 6) is 0.476. The van der Waals surface area contributed by atoms with E-state index in [1.807, 2.05) is 0 Å². The monoisotopic (exact) mass is 255 g/mol. The van der Waals surface area contributed by atoms with E-state index < -0.39 is 6.10 Å². The van der Waals surface area contributed by atoms with E-state index in [9.17, 15) is 5.11 Å². The number of rotatable bonds is 6. The second-order valence-corrected chi connectivity index (χ2v) is 3.60. The fourth-order valence-corrected chi connectivity index (χ4v) is 1.33. The van der Waals surface area contributed by atoms with Gasteiger partial charge in [0.05, 0.1) is 33.5 Å². The van der Waals surface area contributed by atoms with E-state index in [2.05, 4.69) is 4.99 Å². The molecular weight excluding hydrogens is 238 g/mol. The molecule has 1 atom stereocenters. The summed E-state index contributed by atoms with van der Waals surface area (Å²) in [7, 11) is 2.87. The average molecular weight is 255 g/mol. The highest BCUT2D eigenvalue weighted by atomic mass is 16.5. The molecule has 1 rings (SSSR count). The van der Waals surface area contributed by atoms with Gasteiger partial charge in [-0.15, -0.1) is 0 Å². The molecule has 0 fully saturated rings. The quantitative estimate of drug-likeness (QED) is 0.631. The summed E-state index contributed by atoms with van der Waals surface area (Å²) in [6, 6.07) is 3.18. The lowest BCUT2D eigenvalue weighted by molar-refractivity contribution is 0.102. The molecule has 6 nitrogen and oxygen atoms in total. The van der Waals surface area contributed by atoms with Crippen LogP contribution in [0.5, 0.6) is 17.2 Å². The largest absolute Gasteiger partial charge is 0.502 e. The van der Waals surface area contributed by atoms with Crippen LogP contribution in [0.2, 0.25) is 0 Å². The Bertz CT molecular complexity index is 394. The molecule has 0 saturated heterocycles. The number of methoxy groups -OCH3 is 2. The third kappa shape index (κ3) is 3.61. The normalized spacial score (nSPS) is 12.7. The van der Waals surface area contributed by atoms with Crippen LogP contribution in [0.25, 0.3) is 0 Å². The Kier molecular flexibility index (Phi) is 5.41. The Morgan fingerprint density at radius 2 is 1.83 bits per heavy atom. The van der Waals surface area contributed by atoms with E-state index in [-0.39, 0.29) is 30.4 Å². The zero-order chi connectivity index (χ0) is 13.5. The zero-order valence-corrected chi connectivity index (χ0v) is 10.3. The van der Waals surface area contributed by atoms with E-state index in [1.54, 1.807) is 12.1 Å². The molecule has 0 radical (unpaired) electrons. The van der Waals surface area contributed by atoms with Crippen molar-refractivity contribution in [2.45, 2.75) is 6.10 Å². The molecule has 1 aromatic rings. The summed E-state index contributed by atoms with van der Waals surface area (Å²) in [6.07, 6.45) is 0.630. The van der Waals surface area contributed by atoms with Gasteiger partial charge in [-0.25, -0.2) is 0 Å². The molecule has 1 unspecified atom stereocenters.